The van der Waals surface area contributed by atoms with Crippen molar-refractivity contribution < 1.29 is 14.6 Å². The molecule has 0 unspecified atom stereocenters. The van der Waals surface area contributed by atoms with E-state index in [9.17, 15) is 15.2 Å². The number of ether oxygens (including phenoxy) is 1. The predicted octanol–water partition coefficient (Wildman–Crippen LogP) is 5.22. The van der Waals surface area contributed by atoms with Crippen LogP contribution in [-0.2, 0) is 19.6 Å². The normalized spacial score (nSPS) is 16.4. The lowest BCUT2D eigenvalue weighted by Gasteiger charge is -2.21. The van der Waals surface area contributed by atoms with Crippen LogP contribution in [0.1, 0.15) is 39.0 Å². The number of aliphatic hydroxyl groups excluding tert-OH is 1. The molecule has 3 aromatic carbocycles. The number of hydrogen-bond donors (Lipinski definition) is 1. The number of amides is 1. The highest BCUT2D eigenvalue weighted by atomic mass is 16.5. The quantitative estimate of drug-likeness (QED) is 0.327. The van der Waals surface area contributed by atoms with Gasteiger partial charge in [0.2, 0.25) is 0 Å². The summed E-state index contributed by atoms with van der Waals surface area (Å²) in [4.78, 5) is 22.2. The van der Waals surface area contributed by atoms with Gasteiger partial charge in [-0.1, -0.05) is 48.5 Å². The molecule has 1 N–H and O–H groups in total. The van der Waals surface area contributed by atoms with Gasteiger partial charge in [0.05, 0.1) is 5.56 Å². The van der Waals surface area contributed by atoms with Gasteiger partial charge in [0.1, 0.15) is 18.4 Å². The van der Waals surface area contributed by atoms with E-state index in [4.69, 9.17) is 4.74 Å². The first-order valence-electron chi connectivity index (χ1n) is 14.0. The molecule has 41 heavy (non-hydrogen) atoms. The summed E-state index contributed by atoms with van der Waals surface area (Å²) in [7, 11) is 0. The Hall–Kier alpha value is -4.51. The van der Waals surface area contributed by atoms with Crippen molar-refractivity contribution in [2.75, 3.05) is 31.1 Å². The first-order chi connectivity index (χ1) is 20.1. The zero-order valence-electron chi connectivity index (χ0n) is 22.9. The molecule has 1 amide bonds. The third kappa shape index (κ3) is 5.71. The number of hydrogen-bond acceptors (Lipinski definition) is 6. The maximum atomic E-state index is 13.9. The number of aliphatic hydroxyl groups is 1. The molecule has 6 rings (SSSR count). The van der Waals surface area contributed by atoms with E-state index < -0.39 is 0 Å². The molecule has 7 nitrogen and oxygen atoms in total. The molecule has 1 saturated heterocycles. The van der Waals surface area contributed by atoms with Gasteiger partial charge in [-0.25, -0.2) is 0 Å². The molecule has 0 radical (unpaired) electrons. The first kappa shape index (κ1) is 26.7. The number of aromatic nitrogens is 1. The third-order valence-corrected chi connectivity index (χ3v) is 8.01. The van der Waals surface area contributed by atoms with Crippen LogP contribution in [0.4, 0.5) is 5.69 Å². The minimum absolute atomic E-state index is 0.0555. The van der Waals surface area contributed by atoms with Crippen molar-refractivity contribution in [1.82, 2.24) is 9.88 Å². The molecular formula is C34H32N4O3. The van der Waals surface area contributed by atoms with Gasteiger partial charge in [0.25, 0.3) is 5.91 Å². The number of carbonyl (C=O) groups is 1. The fraction of sp³-hybridized carbons (Fsp3) is 0.265. The summed E-state index contributed by atoms with van der Waals surface area (Å²) < 4.78 is 6.29. The van der Waals surface area contributed by atoms with Crippen molar-refractivity contribution in [1.29, 1.82) is 5.26 Å². The Morgan fingerprint density at radius 3 is 2.73 bits per heavy atom. The average molecular weight is 545 g/mol. The van der Waals surface area contributed by atoms with Crippen molar-refractivity contribution in [3.63, 3.8) is 0 Å². The molecule has 7 heteroatoms. The molecule has 3 heterocycles. The summed E-state index contributed by atoms with van der Waals surface area (Å²) in [5.41, 5.74) is 7.28. The van der Waals surface area contributed by atoms with E-state index in [2.05, 4.69) is 34.2 Å². The average Bonchev–Trinajstić information content (AvgIpc) is 3.68. The molecule has 2 aliphatic rings. The highest BCUT2D eigenvalue weighted by molar-refractivity contribution is 6.08. The fourth-order valence-electron chi connectivity index (χ4n) is 5.88. The summed E-state index contributed by atoms with van der Waals surface area (Å²) in [6.07, 6.45) is 4.98. The minimum Gasteiger partial charge on any atom is -0.488 e. The Morgan fingerprint density at radius 2 is 1.93 bits per heavy atom. The van der Waals surface area contributed by atoms with Gasteiger partial charge in [-0.3, -0.25) is 14.7 Å². The zero-order chi connectivity index (χ0) is 28.2. The van der Waals surface area contributed by atoms with Crippen LogP contribution < -0.4 is 9.64 Å². The van der Waals surface area contributed by atoms with E-state index in [-0.39, 0.29) is 25.0 Å². The Balaban J connectivity index is 1.28. The van der Waals surface area contributed by atoms with Gasteiger partial charge in [0, 0.05) is 61.0 Å². The highest BCUT2D eigenvalue weighted by Crippen LogP contribution is 2.37. The molecular weight excluding hydrogens is 512 g/mol. The summed E-state index contributed by atoms with van der Waals surface area (Å²) in [6, 6.07) is 26.1. The highest BCUT2D eigenvalue weighted by Gasteiger charge is 2.29. The van der Waals surface area contributed by atoms with E-state index in [1.54, 1.807) is 12.3 Å². The molecule has 1 fully saturated rings. The van der Waals surface area contributed by atoms with Gasteiger partial charge in [-0.15, -0.1) is 0 Å². The summed E-state index contributed by atoms with van der Waals surface area (Å²) in [6.45, 7) is 3.47. The maximum absolute atomic E-state index is 13.9. The van der Waals surface area contributed by atoms with E-state index >= 15 is 0 Å². The summed E-state index contributed by atoms with van der Waals surface area (Å²) >= 11 is 0. The third-order valence-electron chi connectivity index (χ3n) is 8.01. The molecule has 0 saturated carbocycles. The zero-order valence-corrected chi connectivity index (χ0v) is 22.9. The van der Waals surface area contributed by atoms with Crippen molar-refractivity contribution in [2.45, 2.75) is 26.0 Å². The molecule has 0 aliphatic carbocycles. The number of likely N-dealkylation sites (tertiary alicyclic amines) is 1. The maximum Gasteiger partial charge on any atom is 0.258 e. The van der Waals surface area contributed by atoms with Crippen LogP contribution in [0, 0.1) is 17.2 Å². The summed E-state index contributed by atoms with van der Waals surface area (Å²) in [5.74, 6) is 0.874. The molecule has 1 atom stereocenters. The van der Waals surface area contributed by atoms with Crippen LogP contribution in [0.3, 0.4) is 0 Å². The Kier molecular flexibility index (Phi) is 7.77. The SMILES string of the molecule is N#Cc1cncc(COc2cc(C(=O)N3CCc4c(-c5ccccc5)cccc43)ccc2CN2CC[C@H](CO)C2)c1. The number of fused-ring (bicyclic) bond motifs is 1. The first-order valence-corrected chi connectivity index (χ1v) is 14.0. The number of pyridine rings is 1. The monoisotopic (exact) mass is 544 g/mol. The molecule has 4 aromatic rings. The largest absolute Gasteiger partial charge is 0.488 e. The van der Waals surface area contributed by atoms with Crippen LogP contribution in [0.15, 0.2) is 85.2 Å². The van der Waals surface area contributed by atoms with Gasteiger partial charge in [0.15, 0.2) is 0 Å². The van der Waals surface area contributed by atoms with Crippen LogP contribution in [0.25, 0.3) is 11.1 Å². The number of carbonyl (C=O) groups excluding carboxylic acids is 1. The molecule has 206 valence electrons. The van der Waals surface area contributed by atoms with Gasteiger partial charge in [-0.2, -0.15) is 5.26 Å². The Labute approximate surface area is 240 Å². The Morgan fingerprint density at radius 1 is 1.05 bits per heavy atom. The molecule has 2 aliphatic heterocycles. The lowest BCUT2D eigenvalue weighted by molar-refractivity contribution is 0.0989. The van der Waals surface area contributed by atoms with Crippen molar-refractivity contribution in [3.8, 4) is 22.9 Å². The second-order valence-corrected chi connectivity index (χ2v) is 10.8. The number of rotatable bonds is 8. The van der Waals surface area contributed by atoms with Crippen molar-refractivity contribution in [3.05, 3.63) is 113 Å². The van der Waals surface area contributed by atoms with Gasteiger partial charge in [-0.05, 0) is 66.3 Å². The van der Waals surface area contributed by atoms with Gasteiger partial charge < -0.3 is 14.7 Å². The second kappa shape index (κ2) is 11.9. The van der Waals surface area contributed by atoms with E-state index in [0.717, 1.165) is 53.9 Å². The molecule has 1 aromatic heterocycles. The smallest absolute Gasteiger partial charge is 0.258 e. The molecule has 0 spiro atoms. The predicted molar refractivity (Wildman–Crippen MR) is 157 cm³/mol. The van der Waals surface area contributed by atoms with Crippen LogP contribution in [0.2, 0.25) is 0 Å². The van der Waals surface area contributed by atoms with Crippen LogP contribution >= 0.6 is 0 Å². The molecule has 0 bridgehead atoms. The standard InChI is InChI=1S/C34H32N4O3/c35-17-25-15-26(19-36-18-25)23-41-33-16-28(9-10-29(33)21-37-13-11-24(20-37)22-39)34(40)38-14-12-31-30(7-4-8-32(31)38)27-5-2-1-3-6-27/h1-10,15-16,18-19,24,39H,11-14,20-23H2/t24-/m0/s1. The number of nitriles is 1. The number of benzene rings is 3. The van der Waals surface area contributed by atoms with E-state index in [0.29, 0.717) is 30.0 Å². The summed E-state index contributed by atoms with van der Waals surface area (Å²) in [5, 5.41) is 18.8. The minimum atomic E-state index is -0.0555. The van der Waals surface area contributed by atoms with Crippen molar-refractivity contribution >= 4 is 11.6 Å². The lowest BCUT2D eigenvalue weighted by Crippen LogP contribution is -2.29. The second-order valence-electron chi connectivity index (χ2n) is 10.8. The Bertz CT molecular complexity index is 1600. The van der Waals surface area contributed by atoms with Crippen molar-refractivity contribution in [2.24, 2.45) is 5.92 Å². The van der Waals surface area contributed by atoms with Gasteiger partial charge >= 0.3 is 0 Å². The number of anilines is 1. The fourth-order valence-corrected chi connectivity index (χ4v) is 5.88. The van der Waals surface area contributed by atoms with Crippen LogP contribution in [-0.4, -0.2) is 47.1 Å². The lowest BCUT2D eigenvalue weighted by atomic mass is 9.98. The van der Waals surface area contributed by atoms with E-state index in [1.165, 1.54) is 11.8 Å². The van der Waals surface area contributed by atoms with E-state index in [1.807, 2.05) is 53.4 Å². The number of nitrogens with zero attached hydrogens (tertiary/aromatic N) is 4. The van der Waals surface area contributed by atoms with Crippen LogP contribution in [0.5, 0.6) is 5.75 Å². The topological polar surface area (TPSA) is 89.7 Å².